The average molecular weight is 437 g/mol. The van der Waals surface area contributed by atoms with E-state index in [4.69, 9.17) is 4.74 Å². The van der Waals surface area contributed by atoms with Gasteiger partial charge < -0.3 is 14.5 Å². The lowest BCUT2D eigenvalue weighted by molar-refractivity contribution is -0.139. The number of thiophene rings is 1. The van der Waals surface area contributed by atoms with Crippen LogP contribution in [0.1, 0.15) is 30.9 Å². The summed E-state index contributed by atoms with van der Waals surface area (Å²) in [6, 6.07) is 0. The van der Waals surface area contributed by atoms with Crippen LogP contribution in [0.3, 0.4) is 0 Å². The van der Waals surface area contributed by atoms with Gasteiger partial charge in [-0.15, -0.1) is 22.7 Å². The molecule has 0 atom stereocenters. The molecule has 0 aliphatic carbocycles. The third-order valence-corrected chi connectivity index (χ3v) is 6.15. The van der Waals surface area contributed by atoms with E-state index in [0.717, 1.165) is 21.2 Å². The maximum Gasteiger partial charge on any atom is 0.348 e. The molecule has 0 aromatic carbocycles. The maximum atomic E-state index is 12.7. The second kappa shape index (κ2) is 8.80. The number of thiazole rings is 1. The molecular formula is C18H20N4O5S2. The summed E-state index contributed by atoms with van der Waals surface area (Å²) in [5.74, 6) is -0.711. The van der Waals surface area contributed by atoms with Crippen LogP contribution in [0, 0.1) is 6.92 Å². The van der Waals surface area contributed by atoms with Gasteiger partial charge in [0.1, 0.15) is 15.5 Å². The fourth-order valence-corrected chi connectivity index (χ4v) is 4.89. The van der Waals surface area contributed by atoms with Crippen molar-refractivity contribution in [3.05, 3.63) is 42.7 Å². The molecule has 0 saturated heterocycles. The lowest BCUT2D eigenvalue weighted by atomic mass is 10.1. The number of rotatable bonds is 7. The first-order chi connectivity index (χ1) is 13.8. The number of nitrogens with zero attached hydrogens (tertiary/aromatic N) is 3. The van der Waals surface area contributed by atoms with Gasteiger partial charge >= 0.3 is 11.9 Å². The van der Waals surface area contributed by atoms with Gasteiger partial charge in [-0.05, 0) is 14.0 Å². The van der Waals surface area contributed by atoms with Crippen molar-refractivity contribution in [3.63, 3.8) is 0 Å². The second-order valence-electron chi connectivity index (χ2n) is 6.36. The van der Waals surface area contributed by atoms with Crippen molar-refractivity contribution in [3.8, 4) is 0 Å². The molecule has 29 heavy (non-hydrogen) atoms. The molecule has 154 valence electrons. The smallest absolute Gasteiger partial charge is 0.348 e. The zero-order valence-corrected chi connectivity index (χ0v) is 18.0. The number of ether oxygens (including phenoxy) is 2. The minimum Gasteiger partial charge on any atom is -0.469 e. The predicted octanol–water partition coefficient (Wildman–Crippen LogP) is 1.88. The summed E-state index contributed by atoms with van der Waals surface area (Å²) in [6.45, 7) is 3.02. The van der Waals surface area contributed by atoms with Gasteiger partial charge in [0.25, 0.3) is 5.56 Å². The van der Waals surface area contributed by atoms with E-state index in [2.05, 4.69) is 19.7 Å². The first-order valence-electron chi connectivity index (χ1n) is 8.62. The van der Waals surface area contributed by atoms with Crippen LogP contribution >= 0.6 is 22.7 Å². The number of hydrogen-bond donors (Lipinski definition) is 1. The molecule has 0 unspecified atom stereocenters. The molecule has 0 saturated carbocycles. The Bertz CT molecular complexity index is 1120. The monoisotopic (exact) mass is 436 g/mol. The van der Waals surface area contributed by atoms with E-state index in [0.29, 0.717) is 23.7 Å². The van der Waals surface area contributed by atoms with Crippen LogP contribution in [-0.2, 0) is 33.8 Å². The van der Waals surface area contributed by atoms with Crippen molar-refractivity contribution in [2.24, 2.45) is 0 Å². The van der Waals surface area contributed by atoms with E-state index in [1.54, 1.807) is 11.3 Å². The van der Waals surface area contributed by atoms with Crippen LogP contribution in [0.15, 0.2) is 11.0 Å². The molecule has 3 heterocycles. The summed E-state index contributed by atoms with van der Waals surface area (Å²) in [7, 11) is 4.40. The summed E-state index contributed by atoms with van der Waals surface area (Å²) in [6.07, 6.45) is 1.62. The predicted molar refractivity (Wildman–Crippen MR) is 109 cm³/mol. The van der Waals surface area contributed by atoms with Crippen molar-refractivity contribution in [2.75, 3.05) is 21.3 Å². The van der Waals surface area contributed by atoms with Gasteiger partial charge in [-0.25, -0.2) is 14.8 Å². The number of fused-ring (bicyclic) bond motifs is 1. The molecule has 3 aromatic rings. The number of esters is 2. The molecule has 0 radical (unpaired) electrons. The summed E-state index contributed by atoms with van der Waals surface area (Å²) in [5.41, 5.74) is -0.130. The largest absolute Gasteiger partial charge is 0.469 e. The highest BCUT2D eigenvalue weighted by molar-refractivity contribution is 7.20. The molecule has 0 spiro atoms. The first-order valence-corrected chi connectivity index (χ1v) is 10.2. The van der Waals surface area contributed by atoms with Gasteiger partial charge in [0.15, 0.2) is 0 Å². The molecule has 0 aliphatic heterocycles. The molecule has 0 bridgehead atoms. The minimum absolute atomic E-state index is 0.177. The number of H-pyrrole nitrogens is 1. The van der Waals surface area contributed by atoms with Crippen molar-refractivity contribution in [1.29, 1.82) is 0 Å². The fraction of sp³-hybridized carbons (Fsp3) is 0.389. The topological polar surface area (TPSA) is 114 Å². The SMILES string of the molecule is COC(=O)Cc1c(C(=O)OC)sc2nc(CN(C)Cc3cnc(C)s3)[nH]c(=O)c12. The number of aryl methyl sites for hydroxylation is 1. The Labute approximate surface area is 174 Å². The summed E-state index contributed by atoms with van der Waals surface area (Å²) >= 11 is 2.64. The molecule has 3 aromatic heterocycles. The quantitative estimate of drug-likeness (QED) is 0.559. The second-order valence-corrected chi connectivity index (χ2v) is 8.68. The van der Waals surface area contributed by atoms with E-state index < -0.39 is 17.5 Å². The molecule has 3 rings (SSSR count). The number of hydrogen-bond acceptors (Lipinski definition) is 10. The molecule has 1 N–H and O–H groups in total. The normalized spacial score (nSPS) is 11.2. The molecule has 11 heteroatoms. The first kappa shape index (κ1) is 21.1. The van der Waals surface area contributed by atoms with E-state index in [1.165, 1.54) is 14.2 Å². The van der Waals surface area contributed by atoms with Gasteiger partial charge in [-0.2, -0.15) is 0 Å². The number of carbonyl (C=O) groups is 2. The van der Waals surface area contributed by atoms with Gasteiger partial charge in [-0.1, -0.05) is 0 Å². The zero-order valence-electron chi connectivity index (χ0n) is 16.4. The van der Waals surface area contributed by atoms with E-state index >= 15 is 0 Å². The van der Waals surface area contributed by atoms with Crippen LogP contribution < -0.4 is 5.56 Å². The number of nitrogens with one attached hydrogen (secondary N) is 1. The van der Waals surface area contributed by atoms with Gasteiger partial charge in [0.2, 0.25) is 0 Å². The van der Waals surface area contributed by atoms with E-state index in [1.807, 2.05) is 25.1 Å². The van der Waals surface area contributed by atoms with Crippen LogP contribution in [0.4, 0.5) is 0 Å². The highest BCUT2D eigenvalue weighted by Gasteiger charge is 2.24. The van der Waals surface area contributed by atoms with Gasteiger partial charge in [0.05, 0.1) is 37.6 Å². The van der Waals surface area contributed by atoms with E-state index in [-0.39, 0.29) is 22.2 Å². The Hall–Kier alpha value is -2.63. The van der Waals surface area contributed by atoms with Crippen LogP contribution in [0.5, 0.6) is 0 Å². The summed E-state index contributed by atoms with van der Waals surface area (Å²) in [5, 5.41) is 1.21. The van der Waals surface area contributed by atoms with Crippen LogP contribution in [0.2, 0.25) is 0 Å². The fourth-order valence-electron chi connectivity index (χ4n) is 2.88. The Morgan fingerprint density at radius 3 is 2.59 bits per heavy atom. The molecule has 0 fully saturated rings. The van der Waals surface area contributed by atoms with Crippen molar-refractivity contribution < 1.29 is 19.1 Å². The van der Waals surface area contributed by atoms with E-state index in [9.17, 15) is 14.4 Å². The Morgan fingerprint density at radius 1 is 1.21 bits per heavy atom. The van der Waals surface area contributed by atoms with Gasteiger partial charge in [0, 0.05) is 23.2 Å². The number of aromatic nitrogens is 3. The summed E-state index contributed by atoms with van der Waals surface area (Å²) < 4.78 is 9.48. The molecule has 0 amide bonds. The Kier molecular flexibility index (Phi) is 6.40. The van der Waals surface area contributed by atoms with Gasteiger partial charge in [-0.3, -0.25) is 14.5 Å². The lowest BCUT2D eigenvalue weighted by Gasteiger charge is -2.14. The van der Waals surface area contributed by atoms with Crippen molar-refractivity contribution in [2.45, 2.75) is 26.4 Å². The molecular weight excluding hydrogens is 416 g/mol. The lowest BCUT2D eigenvalue weighted by Crippen LogP contribution is -2.21. The van der Waals surface area contributed by atoms with Crippen LogP contribution in [-0.4, -0.2) is 53.1 Å². The zero-order chi connectivity index (χ0) is 21.1. The molecule has 9 nitrogen and oxygen atoms in total. The average Bonchev–Trinajstić information content (AvgIpc) is 3.24. The Morgan fingerprint density at radius 2 is 1.97 bits per heavy atom. The third-order valence-electron chi connectivity index (χ3n) is 4.14. The number of methoxy groups -OCH3 is 2. The van der Waals surface area contributed by atoms with Crippen molar-refractivity contribution in [1.82, 2.24) is 19.9 Å². The number of aromatic amines is 1. The molecule has 0 aliphatic rings. The third kappa shape index (κ3) is 4.69. The standard InChI is InChI=1S/C18H20N4O5S2/c1-9-19-6-10(28-9)7-22(2)8-12-20-16(24)14-11(5-13(23)26-3)15(18(25)27-4)29-17(14)21-12/h6H,5,7-8H2,1-4H3,(H,20,21,24). The summed E-state index contributed by atoms with van der Waals surface area (Å²) in [4.78, 5) is 51.8. The number of carbonyl (C=O) groups excluding carboxylic acids is 2. The van der Waals surface area contributed by atoms with Crippen LogP contribution in [0.25, 0.3) is 10.2 Å². The minimum atomic E-state index is -0.620. The Balaban J connectivity index is 1.94. The highest BCUT2D eigenvalue weighted by atomic mass is 32.1. The van der Waals surface area contributed by atoms with Crippen molar-refractivity contribution >= 4 is 44.8 Å². The highest BCUT2D eigenvalue weighted by Crippen LogP contribution is 2.29. The maximum absolute atomic E-state index is 12.7.